The molecular weight excluding hydrogens is 286 g/mol. The highest BCUT2D eigenvalue weighted by molar-refractivity contribution is 5.17. The Morgan fingerprint density at radius 2 is 2.17 bits per heavy atom. The minimum atomic E-state index is 0.358. The average molecular weight is 313 g/mol. The summed E-state index contributed by atoms with van der Waals surface area (Å²) in [5, 5.41) is 3.82. The Bertz CT molecular complexity index is 588. The van der Waals surface area contributed by atoms with Gasteiger partial charge in [-0.3, -0.25) is 9.88 Å². The topological polar surface area (TPSA) is 41.3 Å². The summed E-state index contributed by atoms with van der Waals surface area (Å²) in [7, 11) is 0. The molecule has 0 spiro atoms. The summed E-state index contributed by atoms with van der Waals surface area (Å²) >= 11 is 0. The Labute approximate surface area is 138 Å². The van der Waals surface area contributed by atoms with Crippen LogP contribution in [0.15, 0.2) is 41.1 Å². The fraction of sp³-hybridized carbons (Fsp3) is 0.526. The van der Waals surface area contributed by atoms with E-state index in [0.29, 0.717) is 12.1 Å². The van der Waals surface area contributed by atoms with Gasteiger partial charge in [0.2, 0.25) is 0 Å². The van der Waals surface area contributed by atoms with Crippen LogP contribution in [-0.4, -0.2) is 29.0 Å². The van der Waals surface area contributed by atoms with Crippen molar-refractivity contribution in [2.45, 2.75) is 51.7 Å². The number of aromatic nitrogens is 1. The Hall–Kier alpha value is -1.65. The van der Waals surface area contributed by atoms with Gasteiger partial charge in [-0.2, -0.15) is 0 Å². The Morgan fingerprint density at radius 1 is 1.35 bits per heavy atom. The molecule has 0 bridgehead atoms. The van der Waals surface area contributed by atoms with Crippen molar-refractivity contribution < 1.29 is 4.42 Å². The van der Waals surface area contributed by atoms with Gasteiger partial charge in [0.05, 0.1) is 18.5 Å². The molecule has 0 aliphatic carbocycles. The molecule has 3 heterocycles. The first-order valence-electron chi connectivity index (χ1n) is 8.68. The van der Waals surface area contributed by atoms with Gasteiger partial charge in [-0.25, -0.2) is 0 Å². The van der Waals surface area contributed by atoms with Crippen LogP contribution in [0, 0.1) is 6.92 Å². The highest BCUT2D eigenvalue weighted by atomic mass is 16.3. The molecule has 0 aromatic carbocycles. The molecule has 23 heavy (non-hydrogen) atoms. The Kier molecular flexibility index (Phi) is 5.47. The molecule has 1 aliphatic heterocycles. The second-order valence-electron chi connectivity index (χ2n) is 6.52. The van der Waals surface area contributed by atoms with Gasteiger partial charge in [0.15, 0.2) is 0 Å². The third kappa shape index (κ3) is 4.43. The number of piperidine rings is 1. The predicted octanol–water partition coefficient (Wildman–Crippen LogP) is 3.69. The molecule has 0 radical (unpaired) electrons. The van der Waals surface area contributed by atoms with Crippen LogP contribution in [0.1, 0.15) is 49.2 Å². The van der Waals surface area contributed by atoms with Gasteiger partial charge in [0.1, 0.15) is 5.76 Å². The number of hydrogen-bond donors (Lipinski definition) is 1. The van der Waals surface area contributed by atoms with Gasteiger partial charge in [-0.15, -0.1) is 0 Å². The standard InChI is InChI=1S/C19H27N3O/c1-3-18(19-13-15(2)6-9-20-19)21-16-7-10-22(11-8-16)14-17-5-4-12-23-17/h4-6,9,12-13,16,18,21H,3,7-8,10-11,14H2,1-2H3. The number of nitrogens with zero attached hydrogens (tertiary/aromatic N) is 2. The van der Waals surface area contributed by atoms with Crippen molar-refractivity contribution in [2.24, 2.45) is 0 Å². The van der Waals surface area contributed by atoms with Crippen molar-refractivity contribution in [3.8, 4) is 0 Å². The van der Waals surface area contributed by atoms with E-state index < -0.39 is 0 Å². The van der Waals surface area contributed by atoms with Crippen LogP contribution >= 0.6 is 0 Å². The number of aryl methyl sites for hydroxylation is 1. The summed E-state index contributed by atoms with van der Waals surface area (Å²) < 4.78 is 5.45. The average Bonchev–Trinajstić information content (AvgIpc) is 3.07. The minimum Gasteiger partial charge on any atom is -0.468 e. The van der Waals surface area contributed by atoms with Crippen molar-refractivity contribution in [3.63, 3.8) is 0 Å². The van der Waals surface area contributed by atoms with Crippen molar-refractivity contribution in [1.82, 2.24) is 15.2 Å². The highest BCUT2D eigenvalue weighted by Gasteiger charge is 2.22. The molecule has 2 aromatic rings. The maximum Gasteiger partial charge on any atom is 0.117 e. The van der Waals surface area contributed by atoms with E-state index >= 15 is 0 Å². The number of hydrogen-bond acceptors (Lipinski definition) is 4. The summed E-state index contributed by atoms with van der Waals surface area (Å²) in [5.74, 6) is 1.06. The molecule has 124 valence electrons. The molecule has 0 saturated carbocycles. The lowest BCUT2D eigenvalue weighted by molar-refractivity contribution is 0.172. The van der Waals surface area contributed by atoms with Gasteiger partial charge in [0.25, 0.3) is 0 Å². The van der Waals surface area contributed by atoms with E-state index in [1.54, 1.807) is 6.26 Å². The molecule has 1 N–H and O–H groups in total. The summed E-state index contributed by atoms with van der Waals surface area (Å²) in [6, 6.07) is 9.22. The van der Waals surface area contributed by atoms with Crippen molar-refractivity contribution in [3.05, 3.63) is 53.7 Å². The van der Waals surface area contributed by atoms with Crippen molar-refractivity contribution >= 4 is 0 Å². The molecule has 0 amide bonds. The summed E-state index contributed by atoms with van der Waals surface area (Å²) in [5.41, 5.74) is 2.45. The second-order valence-corrected chi connectivity index (χ2v) is 6.52. The largest absolute Gasteiger partial charge is 0.468 e. The minimum absolute atomic E-state index is 0.358. The van der Waals surface area contributed by atoms with Crippen LogP contribution in [0.2, 0.25) is 0 Å². The number of furan rings is 1. The quantitative estimate of drug-likeness (QED) is 0.883. The lowest BCUT2D eigenvalue weighted by atomic mass is 10.0. The van der Waals surface area contributed by atoms with Crippen molar-refractivity contribution in [2.75, 3.05) is 13.1 Å². The van der Waals surface area contributed by atoms with E-state index in [4.69, 9.17) is 4.42 Å². The maximum atomic E-state index is 5.45. The smallest absolute Gasteiger partial charge is 0.117 e. The first-order chi connectivity index (χ1) is 11.2. The first kappa shape index (κ1) is 16.2. The van der Waals surface area contributed by atoms with Gasteiger partial charge >= 0.3 is 0 Å². The third-order valence-electron chi connectivity index (χ3n) is 4.69. The Balaban J connectivity index is 1.51. The fourth-order valence-corrected chi connectivity index (χ4v) is 3.33. The van der Waals surface area contributed by atoms with Gasteiger partial charge in [-0.05, 0) is 56.0 Å². The SMILES string of the molecule is CCC(NC1CCN(Cc2ccco2)CC1)c1cc(C)ccn1. The number of pyridine rings is 1. The zero-order valence-corrected chi connectivity index (χ0v) is 14.2. The lowest BCUT2D eigenvalue weighted by Gasteiger charge is -2.34. The molecule has 4 heteroatoms. The predicted molar refractivity (Wildman–Crippen MR) is 92.1 cm³/mol. The van der Waals surface area contributed by atoms with E-state index in [1.165, 1.54) is 24.1 Å². The van der Waals surface area contributed by atoms with Gasteiger partial charge < -0.3 is 9.73 Å². The van der Waals surface area contributed by atoms with Crippen LogP contribution < -0.4 is 5.32 Å². The van der Waals surface area contributed by atoms with E-state index in [0.717, 1.165) is 31.8 Å². The molecule has 1 atom stereocenters. The van der Waals surface area contributed by atoms with E-state index in [2.05, 4.69) is 47.2 Å². The fourth-order valence-electron chi connectivity index (χ4n) is 3.33. The van der Waals surface area contributed by atoms with Crippen LogP contribution in [0.3, 0.4) is 0 Å². The summed E-state index contributed by atoms with van der Waals surface area (Å²) in [6.45, 7) is 7.53. The number of likely N-dealkylation sites (tertiary alicyclic amines) is 1. The van der Waals surface area contributed by atoms with Crippen LogP contribution in [0.5, 0.6) is 0 Å². The first-order valence-corrected chi connectivity index (χ1v) is 8.68. The molecule has 4 nitrogen and oxygen atoms in total. The molecule has 2 aromatic heterocycles. The van der Waals surface area contributed by atoms with E-state index in [1.807, 2.05) is 12.3 Å². The highest BCUT2D eigenvalue weighted by Crippen LogP contribution is 2.20. The number of rotatable bonds is 6. The molecule has 1 unspecified atom stereocenters. The maximum absolute atomic E-state index is 5.45. The van der Waals surface area contributed by atoms with E-state index in [9.17, 15) is 0 Å². The van der Waals surface area contributed by atoms with Crippen LogP contribution in [-0.2, 0) is 6.54 Å². The summed E-state index contributed by atoms with van der Waals surface area (Å²) in [4.78, 5) is 7.03. The summed E-state index contributed by atoms with van der Waals surface area (Å²) in [6.07, 6.45) is 7.11. The zero-order chi connectivity index (χ0) is 16.1. The Morgan fingerprint density at radius 3 is 2.83 bits per heavy atom. The number of nitrogens with one attached hydrogen (secondary N) is 1. The van der Waals surface area contributed by atoms with Gasteiger partial charge in [-0.1, -0.05) is 6.92 Å². The molecular formula is C19H27N3O. The molecule has 1 saturated heterocycles. The zero-order valence-electron chi connectivity index (χ0n) is 14.2. The third-order valence-corrected chi connectivity index (χ3v) is 4.69. The lowest BCUT2D eigenvalue weighted by Crippen LogP contribution is -2.43. The molecule has 1 aliphatic rings. The van der Waals surface area contributed by atoms with Crippen LogP contribution in [0.25, 0.3) is 0 Å². The molecule has 1 fully saturated rings. The van der Waals surface area contributed by atoms with Crippen molar-refractivity contribution in [1.29, 1.82) is 0 Å². The van der Waals surface area contributed by atoms with Crippen LogP contribution in [0.4, 0.5) is 0 Å². The normalized spacial score (nSPS) is 18.2. The monoisotopic (exact) mass is 313 g/mol. The van der Waals surface area contributed by atoms with E-state index in [-0.39, 0.29) is 0 Å². The van der Waals surface area contributed by atoms with Gasteiger partial charge in [0, 0.05) is 31.4 Å². The molecule has 3 rings (SSSR count). The second kappa shape index (κ2) is 7.75.